The molecule has 5 aromatic rings. The summed E-state index contributed by atoms with van der Waals surface area (Å²) in [7, 11) is 0. The molecule has 5 rings (SSSR count). The zero-order chi connectivity index (χ0) is 36.8. The molecule has 51 heavy (non-hydrogen) atoms. The second-order valence-electron chi connectivity index (χ2n) is 11.5. The molecule has 0 spiro atoms. The number of aliphatic hydroxyl groups is 2. The highest BCUT2D eigenvalue weighted by Gasteiger charge is 2.15. The summed E-state index contributed by atoms with van der Waals surface area (Å²) in [5.74, 6) is 0.682. The van der Waals surface area contributed by atoms with Gasteiger partial charge in [0, 0.05) is 36.3 Å². The van der Waals surface area contributed by atoms with Gasteiger partial charge in [-0.05, 0) is 111 Å². The van der Waals surface area contributed by atoms with Crippen molar-refractivity contribution < 1.29 is 10.2 Å². The zero-order valence-corrected chi connectivity index (χ0v) is 31.7. The number of aromatic nitrogens is 2. The Labute approximate surface area is 323 Å². The molecular weight excluding hydrogens is 750 g/mol. The minimum Gasteiger partial charge on any atom is -0.397 e. The van der Waals surface area contributed by atoms with Gasteiger partial charge < -0.3 is 47.5 Å². The molecule has 1 aromatic heterocycles. The van der Waals surface area contributed by atoms with E-state index in [-0.39, 0.29) is 13.2 Å². The number of thiocarbonyl (C=S) groups is 1. The number of nitrogen functional groups attached to an aromatic ring is 2. The number of unbranched alkanes of at least 4 members (excludes halogenated alkanes) is 4. The van der Waals surface area contributed by atoms with Gasteiger partial charge in [0.1, 0.15) is 0 Å². The van der Waals surface area contributed by atoms with Crippen LogP contribution in [0.25, 0.3) is 11.0 Å². The number of para-hydroxylation sites is 2. The van der Waals surface area contributed by atoms with Crippen LogP contribution in [0.2, 0.25) is 20.1 Å². The van der Waals surface area contributed by atoms with Crippen LogP contribution in [0.1, 0.15) is 38.5 Å². The number of benzene rings is 4. The molecular formula is C36H42Cl4N8O2S. The van der Waals surface area contributed by atoms with E-state index in [2.05, 4.69) is 30.8 Å². The quantitative estimate of drug-likeness (QED) is 0.0292. The summed E-state index contributed by atoms with van der Waals surface area (Å²) in [6.07, 6.45) is 5.33. The fraction of sp³-hybridized carbons (Fsp3) is 0.278. The van der Waals surface area contributed by atoms with Gasteiger partial charge in [0.05, 0.1) is 55.2 Å². The summed E-state index contributed by atoms with van der Waals surface area (Å²) in [6, 6.07) is 21.7. The van der Waals surface area contributed by atoms with Gasteiger partial charge in [-0.1, -0.05) is 58.5 Å². The molecule has 0 fully saturated rings. The second kappa shape index (κ2) is 20.4. The summed E-state index contributed by atoms with van der Waals surface area (Å²) in [4.78, 5) is 4.66. The maximum atomic E-state index is 8.96. The van der Waals surface area contributed by atoms with E-state index in [1.54, 1.807) is 30.3 Å². The van der Waals surface area contributed by atoms with Crippen LogP contribution >= 0.6 is 58.6 Å². The first-order chi connectivity index (χ1) is 24.6. The molecule has 0 bridgehead atoms. The van der Waals surface area contributed by atoms with Crippen molar-refractivity contribution in [1.29, 1.82) is 0 Å². The van der Waals surface area contributed by atoms with Crippen molar-refractivity contribution in [3.05, 3.63) is 92.9 Å². The molecule has 10 N–H and O–H groups in total. The number of nitrogens with zero attached hydrogens (tertiary/aromatic N) is 2. The Morgan fingerprint density at radius 2 is 1.31 bits per heavy atom. The number of hydrogen-bond donors (Lipinski definition) is 8. The highest BCUT2D eigenvalue weighted by atomic mass is 35.5. The Morgan fingerprint density at radius 1 is 0.706 bits per heavy atom. The average Bonchev–Trinajstić information content (AvgIpc) is 3.45. The van der Waals surface area contributed by atoms with E-state index < -0.39 is 0 Å². The number of imidazole rings is 1. The second-order valence-corrected chi connectivity index (χ2v) is 13.6. The van der Waals surface area contributed by atoms with E-state index >= 15 is 0 Å². The molecule has 272 valence electrons. The van der Waals surface area contributed by atoms with Crippen LogP contribution in [0, 0.1) is 0 Å². The summed E-state index contributed by atoms with van der Waals surface area (Å²) >= 11 is 29.7. The third-order valence-electron chi connectivity index (χ3n) is 7.68. The predicted molar refractivity (Wildman–Crippen MR) is 221 cm³/mol. The number of anilines is 7. The Hall–Kier alpha value is -3.68. The number of aryl methyl sites for hydroxylation is 1. The lowest BCUT2D eigenvalue weighted by Gasteiger charge is -2.17. The molecule has 4 aromatic carbocycles. The smallest absolute Gasteiger partial charge is 0.208 e. The molecule has 0 saturated carbocycles. The van der Waals surface area contributed by atoms with E-state index in [1.165, 1.54) is 0 Å². The van der Waals surface area contributed by atoms with E-state index in [4.69, 9.17) is 80.3 Å². The number of hydrogen-bond acceptors (Lipinski definition) is 8. The minimum atomic E-state index is 0.207. The van der Waals surface area contributed by atoms with Gasteiger partial charge in [-0.3, -0.25) is 0 Å². The normalized spacial score (nSPS) is 10.8. The number of fused-ring (bicyclic) bond motifs is 1. The third-order valence-corrected chi connectivity index (χ3v) is 8.98. The maximum Gasteiger partial charge on any atom is 0.208 e. The zero-order valence-electron chi connectivity index (χ0n) is 27.9. The molecule has 0 aliphatic heterocycles. The van der Waals surface area contributed by atoms with Crippen molar-refractivity contribution in [2.75, 3.05) is 52.5 Å². The predicted octanol–water partition coefficient (Wildman–Crippen LogP) is 9.79. The average molecular weight is 793 g/mol. The summed E-state index contributed by atoms with van der Waals surface area (Å²) < 4.78 is 2.06. The Morgan fingerprint density at radius 3 is 1.98 bits per heavy atom. The lowest BCUT2D eigenvalue weighted by molar-refractivity contribution is 0.282. The summed E-state index contributed by atoms with van der Waals surface area (Å²) in [5, 5.41) is 33.1. The van der Waals surface area contributed by atoms with Crippen molar-refractivity contribution in [2.24, 2.45) is 0 Å². The standard InChI is InChI=1S/C18H22Cl2N4OS.C18H20Cl2N4O/c19-12-7-8-15(13(20)11-12)23-18(26)24-16-6-4-5-14(21)17(16)22-9-2-1-3-10-25;19-12-7-8-15(13(20)11-12)22-18-23-16-6-4-5-14(21)17(16)24(18)9-2-1-3-10-25/h4-8,11,22,25H,1-3,9-10,21H2,(H2,23,24,26);4-8,11,25H,1-3,9-10,21H2,(H,22,23). The molecule has 0 atom stereocenters. The highest BCUT2D eigenvalue weighted by molar-refractivity contribution is 7.80. The van der Waals surface area contributed by atoms with E-state index in [1.807, 2.05) is 42.5 Å². The van der Waals surface area contributed by atoms with Crippen molar-refractivity contribution in [2.45, 2.75) is 45.1 Å². The number of halogens is 4. The molecule has 0 aliphatic carbocycles. The summed E-state index contributed by atoms with van der Waals surface area (Å²) in [6.45, 7) is 1.93. The molecule has 10 nitrogen and oxygen atoms in total. The minimum absolute atomic E-state index is 0.207. The third kappa shape index (κ3) is 11.9. The molecule has 0 radical (unpaired) electrons. The van der Waals surface area contributed by atoms with Crippen molar-refractivity contribution in [3.63, 3.8) is 0 Å². The fourth-order valence-corrected chi connectivity index (χ4v) is 6.29. The molecule has 1 heterocycles. The number of aliphatic hydroxyl groups excluding tert-OH is 2. The van der Waals surface area contributed by atoms with Crippen LogP contribution in [0.4, 0.5) is 40.1 Å². The SMILES string of the molecule is Nc1cccc(NC(=S)Nc2ccc(Cl)cc2Cl)c1NCCCCCO.Nc1cccc2nc(Nc3ccc(Cl)cc3Cl)n(CCCCCO)c12. The Kier molecular flexibility index (Phi) is 16.0. The molecule has 0 amide bonds. The Balaban J connectivity index is 0.000000229. The van der Waals surface area contributed by atoms with E-state index in [0.717, 1.165) is 79.7 Å². The van der Waals surface area contributed by atoms with Gasteiger partial charge >= 0.3 is 0 Å². The first-order valence-corrected chi connectivity index (χ1v) is 18.4. The summed E-state index contributed by atoms with van der Waals surface area (Å²) in [5.41, 5.74) is 18.3. The van der Waals surface area contributed by atoms with Gasteiger partial charge in [-0.2, -0.15) is 0 Å². The van der Waals surface area contributed by atoms with Crippen LogP contribution in [0.15, 0.2) is 72.8 Å². The van der Waals surface area contributed by atoms with Crippen LogP contribution < -0.4 is 32.7 Å². The van der Waals surface area contributed by atoms with Crippen molar-refractivity contribution in [1.82, 2.24) is 9.55 Å². The van der Waals surface area contributed by atoms with Gasteiger partial charge in [0.15, 0.2) is 5.11 Å². The number of nitrogens with one attached hydrogen (secondary N) is 4. The van der Waals surface area contributed by atoms with E-state index in [9.17, 15) is 0 Å². The topological polar surface area (TPSA) is 158 Å². The maximum absolute atomic E-state index is 8.96. The van der Waals surface area contributed by atoms with Crippen LogP contribution in [0.5, 0.6) is 0 Å². The number of rotatable bonds is 15. The van der Waals surface area contributed by atoms with Crippen LogP contribution in [-0.2, 0) is 6.54 Å². The Bertz CT molecular complexity index is 1910. The number of nitrogens with two attached hydrogens (primary N) is 2. The van der Waals surface area contributed by atoms with Gasteiger partial charge in [-0.15, -0.1) is 0 Å². The van der Waals surface area contributed by atoms with Crippen LogP contribution in [-0.4, -0.2) is 44.6 Å². The first kappa shape index (κ1) is 40.1. The van der Waals surface area contributed by atoms with Crippen LogP contribution in [0.3, 0.4) is 0 Å². The van der Waals surface area contributed by atoms with E-state index in [0.29, 0.717) is 48.2 Å². The highest BCUT2D eigenvalue weighted by Crippen LogP contribution is 2.32. The lowest BCUT2D eigenvalue weighted by atomic mass is 10.2. The largest absolute Gasteiger partial charge is 0.397 e. The van der Waals surface area contributed by atoms with Gasteiger partial charge in [-0.25, -0.2) is 4.98 Å². The monoisotopic (exact) mass is 790 g/mol. The molecule has 15 heteroatoms. The molecule has 0 saturated heterocycles. The van der Waals surface area contributed by atoms with Crippen molar-refractivity contribution >= 4 is 115 Å². The van der Waals surface area contributed by atoms with Crippen molar-refractivity contribution in [3.8, 4) is 0 Å². The molecule has 0 unspecified atom stereocenters. The van der Waals surface area contributed by atoms with Gasteiger partial charge in [0.25, 0.3) is 0 Å². The van der Waals surface area contributed by atoms with Gasteiger partial charge in [0.2, 0.25) is 5.95 Å². The fourth-order valence-electron chi connectivity index (χ4n) is 5.16. The first-order valence-electron chi connectivity index (χ1n) is 16.4. The molecule has 0 aliphatic rings. The lowest BCUT2D eigenvalue weighted by Crippen LogP contribution is -2.20.